The average Bonchev–Trinajstić information content (AvgIpc) is 2.64. The predicted molar refractivity (Wildman–Crippen MR) is 105 cm³/mol. The Morgan fingerprint density at radius 3 is 2.67 bits per heavy atom. The van der Waals surface area contributed by atoms with E-state index in [-0.39, 0.29) is 10.5 Å². The highest BCUT2D eigenvalue weighted by molar-refractivity contribution is 7.89. The number of halogens is 1. The van der Waals surface area contributed by atoms with Crippen molar-refractivity contribution in [2.45, 2.75) is 24.8 Å². The van der Waals surface area contributed by atoms with Crippen LogP contribution in [0.4, 0.5) is 0 Å². The Balaban J connectivity index is 1.92. The monoisotopic (exact) mass is 403 g/mol. The molecule has 1 aromatic heterocycles. The lowest BCUT2D eigenvalue weighted by Crippen LogP contribution is -2.27. The lowest BCUT2D eigenvalue weighted by Gasteiger charge is -2.17. The molecule has 1 heterocycles. The lowest BCUT2D eigenvalue weighted by atomic mass is 10.1. The van der Waals surface area contributed by atoms with Gasteiger partial charge in [0.05, 0.1) is 11.1 Å². The van der Waals surface area contributed by atoms with Gasteiger partial charge in [0.15, 0.2) is 0 Å². The van der Waals surface area contributed by atoms with Gasteiger partial charge >= 0.3 is 0 Å². The van der Waals surface area contributed by atoms with Gasteiger partial charge in [-0.25, -0.2) is 13.1 Å². The first-order valence-electron chi connectivity index (χ1n) is 8.20. The molecule has 0 aliphatic carbocycles. The third kappa shape index (κ3) is 4.10. The van der Waals surface area contributed by atoms with Crippen molar-refractivity contribution in [3.63, 3.8) is 0 Å². The third-order valence-corrected chi connectivity index (χ3v) is 6.31. The van der Waals surface area contributed by atoms with Crippen LogP contribution in [0, 0.1) is 6.92 Å². The molecule has 2 aromatic carbocycles. The van der Waals surface area contributed by atoms with Crippen molar-refractivity contribution in [3.05, 3.63) is 87.6 Å². The summed E-state index contributed by atoms with van der Waals surface area (Å²) in [6.07, 6.45) is 4.30. The molecule has 27 heavy (non-hydrogen) atoms. The zero-order valence-electron chi connectivity index (χ0n) is 14.8. The van der Waals surface area contributed by atoms with Crippen molar-refractivity contribution in [3.8, 4) is 5.69 Å². The summed E-state index contributed by atoms with van der Waals surface area (Å²) in [7, 11) is -3.76. The van der Waals surface area contributed by atoms with Crippen LogP contribution >= 0.6 is 11.6 Å². The molecule has 1 atom stereocenters. The van der Waals surface area contributed by atoms with E-state index in [2.05, 4.69) is 9.71 Å². The first-order chi connectivity index (χ1) is 12.8. The highest BCUT2D eigenvalue weighted by Crippen LogP contribution is 2.25. The minimum Gasteiger partial charge on any atom is -0.281 e. The van der Waals surface area contributed by atoms with Gasteiger partial charge in [-0.1, -0.05) is 29.8 Å². The molecule has 0 spiro atoms. The summed E-state index contributed by atoms with van der Waals surface area (Å²) < 4.78 is 29.6. The van der Waals surface area contributed by atoms with E-state index in [1.54, 1.807) is 56.4 Å². The first kappa shape index (κ1) is 19.3. The van der Waals surface area contributed by atoms with Gasteiger partial charge in [0.25, 0.3) is 5.56 Å². The Hall–Kier alpha value is -2.48. The summed E-state index contributed by atoms with van der Waals surface area (Å²) in [5.41, 5.74) is 1.58. The molecule has 0 bridgehead atoms. The Bertz CT molecular complexity index is 1140. The second-order valence-electron chi connectivity index (χ2n) is 6.09. The SMILES string of the molecule is Cc1c(Cl)cccc1S(=O)(=O)N[C@@H](C)c1cccc(-n2ccncc2=O)c1. The van der Waals surface area contributed by atoms with Crippen LogP contribution in [-0.4, -0.2) is 18.0 Å². The minimum atomic E-state index is -3.76. The quantitative estimate of drug-likeness (QED) is 0.709. The summed E-state index contributed by atoms with van der Waals surface area (Å²) in [6, 6.07) is 11.4. The molecule has 0 radical (unpaired) electrons. The highest BCUT2D eigenvalue weighted by atomic mass is 35.5. The van der Waals surface area contributed by atoms with Crippen molar-refractivity contribution < 1.29 is 8.42 Å². The standard InChI is InChI=1S/C19H18ClN3O3S/c1-13-17(20)7-4-8-18(13)27(25,26)22-14(2)15-5-3-6-16(11-15)23-10-9-21-12-19(23)24/h3-12,14,22H,1-2H3/t14-/m0/s1. The van der Waals surface area contributed by atoms with Gasteiger partial charge in [-0.2, -0.15) is 0 Å². The fourth-order valence-corrected chi connectivity index (χ4v) is 4.48. The molecule has 3 rings (SSSR count). The van der Waals surface area contributed by atoms with E-state index in [0.717, 1.165) is 5.56 Å². The van der Waals surface area contributed by atoms with Gasteiger partial charge in [0.2, 0.25) is 10.0 Å². The van der Waals surface area contributed by atoms with Crippen LogP contribution in [0.15, 0.2) is 70.7 Å². The smallest absolute Gasteiger partial charge is 0.273 e. The zero-order valence-corrected chi connectivity index (χ0v) is 16.3. The van der Waals surface area contributed by atoms with Crippen LogP contribution < -0.4 is 10.3 Å². The van der Waals surface area contributed by atoms with Crippen LogP contribution in [0.3, 0.4) is 0 Å². The minimum absolute atomic E-state index is 0.142. The third-order valence-electron chi connectivity index (χ3n) is 4.21. The van der Waals surface area contributed by atoms with E-state index < -0.39 is 16.1 Å². The molecule has 0 aliphatic heterocycles. The topological polar surface area (TPSA) is 81.1 Å². The number of benzene rings is 2. The molecule has 6 nitrogen and oxygen atoms in total. The normalized spacial score (nSPS) is 12.7. The first-order valence-corrected chi connectivity index (χ1v) is 10.1. The molecule has 0 unspecified atom stereocenters. The Kier molecular flexibility index (Phi) is 5.46. The molecule has 8 heteroatoms. The summed E-state index contributed by atoms with van der Waals surface area (Å²) >= 11 is 6.05. The van der Waals surface area contributed by atoms with E-state index in [1.165, 1.54) is 23.0 Å². The molecule has 0 amide bonds. The van der Waals surface area contributed by atoms with Crippen LogP contribution in [0.1, 0.15) is 24.1 Å². The Morgan fingerprint density at radius 1 is 1.19 bits per heavy atom. The molecule has 3 aromatic rings. The van der Waals surface area contributed by atoms with Gasteiger partial charge in [0.1, 0.15) is 0 Å². The van der Waals surface area contributed by atoms with E-state index >= 15 is 0 Å². The van der Waals surface area contributed by atoms with Crippen molar-refractivity contribution in [1.82, 2.24) is 14.3 Å². The zero-order chi connectivity index (χ0) is 19.6. The summed E-state index contributed by atoms with van der Waals surface area (Å²) in [6.45, 7) is 3.41. The fraction of sp³-hybridized carbons (Fsp3) is 0.158. The largest absolute Gasteiger partial charge is 0.281 e. The number of nitrogens with one attached hydrogen (secondary N) is 1. The van der Waals surface area contributed by atoms with Crippen molar-refractivity contribution >= 4 is 21.6 Å². The van der Waals surface area contributed by atoms with Crippen molar-refractivity contribution in [2.24, 2.45) is 0 Å². The lowest BCUT2D eigenvalue weighted by molar-refractivity contribution is 0.566. The average molecular weight is 404 g/mol. The van der Waals surface area contributed by atoms with Crippen LogP contribution in [-0.2, 0) is 10.0 Å². The second-order valence-corrected chi connectivity index (χ2v) is 8.18. The van der Waals surface area contributed by atoms with Gasteiger partial charge < -0.3 is 0 Å². The van der Waals surface area contributed by atoms with E-state index in [1.807, 2.05) is 0 Å². The molecule has 0 fully saturated rings. The highest BCUT2D eigenvalue weighted by Gasteiger charge is 2.21. The number of hydrogen-bond donors (Lipinski definition) is 1. The molecule has 0 saturated carbocycles. The number of hydrogen-bond acceptors (Lipinski definition) is 4. The van der Waals surface area contributed by atoms with Gasteiger partial charge in [-0.3, -0.25) is 14.3 Å². The van der Waals surface area contributed by atoms with E-state index in [0.29, 0.717) is 16.3 Å². The molecule has 0 saturated heterocycles. The molecule has 140 valence electrons. The predicted octanol–water partition coefficient (Wildman–Crippen LogP) is 3.23. The fourth-order valence-electron chi connectivity index (χ4n) is 2.75. The molecule has 0 aliphatic rings. The van der Waals surface area contributed by atoms with Gasteiger partial charge in [-0.15, -0.1) is 0 Å². The van der Waals surface area contributed by atoms with E-state index in [4.69, 9.17) is 11.6 Å². The summed E-state index contributed by atoms with van der Waals surface area (Å²) in [5.74, 6) is 0. The van der Waals surface area contributed by atoms with Crippen LogP contribution in [0.2, 0.25) is 5.02 Å². The van der Waals surface area contributed by atoms with Crippen molar-refractivity contribution in [2.75, 3.05) is 0 Å². The maximum atomic E-state index is 12.8. The molecular formula is C19H18ClN3O3S. The number of sulfonamides is 1. The summed E-state index contributed by atoms with van der Waals surface area (Å²) in [4.78, 5) is 15.9. The van der Waals surface area contributed by atoms with Crippen LogP contribution in [0.25, 0.3) is 5.69 Å². The molecule has 1 N–H and O–H groups in total. The number of aromatic nitrogens is 2. The second kappa shape index (κ2) is 7.64. The van der Waals surface area contributed by atoms with Gasteiger partial charge in [-0.05, 0) is 49.2 Å². The Morgan fingerprint density at radius 2 is 1.93 bits per heavy atom. The number of rotatable bonds is 5. The van der Waals surface area contributed by atoms with Gasteiger partial charge in [0, 0.05) is 29.1 Å². The molecular weight excluding hydrogens is 386 g/mol. The Labute approximate surface area is 162 Å². The van der Waals surface area contributed by atoms with E-state index in [9.17, 15) is 13.2 Å². The van der Waals surface area contributed by atoms with Crippen molar-refractivity contribution in [1.29, 1.82) is 0 Å². The maximum Gasteiger partial charge on any atom is 0.273 e. The van der Waals surface area contributed by atoms with Crippen LogP contribution in [0.5, 0.6) is 0 Å². The number of nitrogens with zero attached hydrogens (tertiary/aromatic N) is 2. The summed E-state index contributed by atoms with van der Waals surface area (Å²) in [5, 5.41) is 0.393. The maximum absolute atomic E-state index is 12.8.